The van der Waals surface area contributed by atoms with Crippen molar-refractivity contribution in [3.05, 3.63) is 52.4 Å². The first kappa shape index (κ1) is 13.4. The number of imidazole rings is 1. The summed E-state index contributed by atoms with van der Waals surface area (Å²) in [6.45, 7) is 0.332. The third-order valence-electron chi connectivity index (χ3n) is 2.93. The van der Waals surface area contributed by atoms with Gasteiger partial charge in [0.15, 0.2) is 0 Å². The van der Waals surface area contributed by atoms with Crippen molar-refractivity contribution < 1.29 is 9.84 Å². The molecule has 0 unspecified atom stereocenters. The minimum absolute atomic E-state index is 0.0207. The first-order valence-electron chi connectivity index (χ1n) is 6.24. The van der Waals surface area contributed by atoms with Gasteiger partial charge in [-0.15, -0.1) is 0 Å². The topological polar surface area (TPSA) is 46.8 Å². The van der Waals surface area contributed by atoms with Crippen LogP contribution in [-0.2, 0) is 0 Å². The normalized spacial score (nSPS) is 10.9. The number of nitrogens with zero attached hydrogens (tertiary/aromatic N) is 2. The summed E-state index contributed by atoms with van der Waals surface area (Å²) in [7, 11) is 0. The SMILES string of the molecule is OCCOc1ccc(-c2cn3cc(I)ccc3n2)cc1. The molecule has 3 aromatic rings. The van der Waals surface area contributed by atoms with Crippen LogP contribution >= 0.6 is 22.6 Å². The first-order chi connectivity index (χ1) is 9.76. The van der Waals surface area contributed by atoms with E-state index >= 15 is 0 Å². The smallest absolute Gasteiger partial charge is 0.137 e. The molecule has 0 saturated heterocycles. The lowest BCUT2D eigenvalue weighted by atomic mass is 10.2. The Hall–Kier alpha value is -1.60. The van der Waals surface area contributed by atoms with Crippen LogP contribution in [0.3, 0.4) is 0 Å². The van der Waals surface area contributed by atoms with Crippen molar-refractivity contribution >= 4 is 28.2 Å². The molecule has 0 radical (unpaired) electrons. The van der Waals surface area contributed by atoms with Crippen molar-refractivity contribution in [2.45, 2.75) is 0 Å². The lowest BCUT2D eigenvalue weighted by molar-refractivity contribution is 0.201. The van der Waals surface area contributed by atoms with Crippen molar-refractivity contribution in [3.8, 4) is 17.0 Å². The molecule has 0 bridgehead atoms. The van der Waals surface area contributed by atoms with Gasteiger partial charge < -0.3 is 14.2 Å². The molecule has 0 spiro atoms. The summed E-state index contributed by atoms with van der Waals surface area (Å²) < 4.78 is 8.54. The highest BCUT2D eigenvalue weighted by molar-refractivity contribution is 14.1. The van der Waals surface area contributed by atoms with E-state index in [0.29, 0.717) is 6.61 Å². The molecule has 3 rings (SSSR count). The maximum atomic E-state index is 8.72. The van der Waals surface area contributed by atoms with Gasteiger partial charge in [0.25, 0.3) is 0 Å². The third kappa shape index (κ3) is 2.78. The van der Waals surface area contributed by atoms with Gasteiger partial charge in [0.2, 0.25) is 0 Å². The molecule has 0 aliphatic heterocycles. The zero-order chi connectivity index (χ0) is 13.9. The molecule has 1 aromatic carbocycles. The minimum atomic E-state index is 0.0207. The molecule has 0 amide bonds. The van der Waals surface area contributed by atoms with Gasteiger partial charge in [0, 0.05) is 21.5 Å². The van der Waals surface area contributed by atoms with Gasteiger partial charge in [-0.3, -0.25) is 0 Å². The van der Waals surface area contributed by atoms with E-state index in [-0.39, 0.29) is 6.61 Å². The van der Waals surface area contributed by atoms with Crippen molar-refractivity contribution in [1.82, 2.24) is 9.38 Å². The highest BCUT2D eigenvalue weighted by Gasteiger charge is 2.05. The van der Waals surface area contributed by atoms with E-state index in [0.717, 1.165) is 22.7 Å². The molecule has 0 aliphatic rings. The van der Waals surface area contributed by atoms with E-state index in [4.69, 9.17) is 9.84 Å². The monoisotopic (exact) mass is 380 g/mol. The predicted molar refractivity (Wildman–Crippen MR) is 85.9 cm³/mol. The molecule has 0 aliphatic carbocycles. The average Bonchev–Trinajstić information content (AvgIpc) is 2.88. The molecule has 0 atom stereocenters. The predicted octanol–water partition coefficient (Wildman–Crippen LogP) is 2.98. The molecular weight excluding hydrogens is 367 g/mol. The fraction of sp³-hybridized carbons (Fsp3) is 0.133. The van der Waals surface area contributed by atoms with Crippen LogP contribution in [0.2, 0.25) is 0 Å². The summed E-state index contributed by atoms with van der Waals surface area (Å²) in [6.07, 6.45) is 4.06. The lowest BCUT2D eigenvalue weighted by Crippen LogP contribution is -2.01. The van der Waals surface area contributed by atoms with E-state index in [9.17, 15) is 0 Å². The second kappa shape index (κ2) is 5.80. The number of pyridine rings is 1. The highest BCUT2D eigenvalue weighted by Crippen LogP contribution is 2.22. The number of benzene rings is 1. The molecule has 5 heteroatoms. The van der Waals surface area contributed by atoms with Gasteiger partial charge in [-0.25, -0.2) is 4.98 Å². The summed E-state index contributed by atoms with van der Waals surface area (Å²) in [6, 6.07) is 11.8. The van der Waals surface area contributed by atoms with Gasteiger partial charge in [-0.05, 0) is 59.0 Å². The number of hydrogen-bond donors (Lipinski definition) is 1. The number of aliphatic hydroxyl groups excluding tert-OH is 1. The van der Waals surface area contributed by atoms with Crippen LogP contribution < -0.4 is 4.74 Å². The van der Waals surface area contributed by atoms with Crippen LogP contribution in [-0.4, -0.2) is 27.7 Å². The highest BCUT2D eigenvalue weighted by atomic mass is 127. The van der Waals surface area contributed by atoms with Gasteiger partial charge in [0.1, 0.15) is 18.0 Å². The summed E-state index contributed by atoms with van der Waals surface area (Å²) in [4.78, 5) is 4.59. The second-order valence-electron chi connectivity index (χ2n) is 4.34. The molecule has 2 heterocycles. The van der Waals surface area contributed by atoms with Crippen LogP contribution in [0.15, 0.2) is 48.8 Å². The van der Waals surface area contributed by atoms with E-state index in [1.807, 2.05) is 53.2 Å². The van der Waals surface area contributed by atoms with E-state index in [1.165, 1.54) is 3.57 Å². The summed E-state index contributed by atoms with van der Waals surface area (Å²) >= 11 is 2.28. The largest absolute Gasteiger partial charge is 0.491 e. The molecule has 0 fully saturated rings. The number of aromatic nitrogens is 2. The standard InChI is InChI=1S/C15H13IN2O2/c16-12-3-6-15-17-14(10-18(15)9-12)11-1-4-13(5-2-11)20-8-7-19/h1-6,9-10,19H,7-8H2. The summed E-state index contributed by atoms with van der Waals surface area (Å²) in [5.74, 6) is 0.751. The van der Waals surface area contributed by atoms with Crippen LogP contribution in [0.1, 0.15) is 0 Å². The average molecular weight is 380 g/mol. The zero-order valence-corrected chi connectivity index (χ0v) is 12.8. The molecule has 102 valence electrons. The Morgan fingerprint density at radius 3 is 2.65 bits per heavy atom. The van der Waals surface area contributed by atoms with E-state index in [2.05, 4.69) is 27.6 Å². The number of ether oxygens (including phenoxy) is 1. The molecule has 4 nitrogen and oxygen atoms in total. The fourth-order valence-electron chi connectivity index (χ4n) is 1.99. The second-order valence-corrected chi connectivity index (χ2v) is 5.58. The molecule has 1 N–H and O–H groups in total. The molecular formula is C15H13IN2O2. The fourth-order valence-corrected chi connectivity index (χ4v) is 2.47. The number of rotatable bonds is 4. The zero-order valence-electron chi connectivity index (χ0n) is 10.7. The van der Waals surface area contributed by atoms with Gasteiger partial charge in [0.05, 0.1) is 12.3 Å². The Bertz CT molecular complexity index is 722. The third-order valence-corrected chi connectivity index (χ3v) is 3.56. The van der Waals surface area contributed by atoms with Gasteiger partial charge >= 0.3 is 0 Å². The van der Waals surface area contributed by atoms with Crippen molar-refractivity contribution in [2.24, 2.45) is 0 Å². The van der Waals surface area contributed by atoms with E-state index in [1.54, 1.807) is 0 Å². The number of hydrogen-bond acceptors (Lipinski definition) is 3. The molecule has 20 heavy (non-hydrogen) atoms. The first-order valence-corrected chi connectivity index (χ1v) is 7.32. The molecule has 0 saturated carbocycles. The van der Waals surface area contributed by atoms with Crippen molar-refractivity contribution in [2.75, 3.05) is 13.2 Å². The van der Waals surface area contributed by atoms with Gasteiger partial charge in [-0.1, -0.05) is 0 Å². The number of aliphatic hydroxyl groups is 1. The Labute approximate surface area is 130 Å². The maximum absolute atomic E-state index is 8.72. The Kier molecular flexibility index (Phi) is 3.88. The molecule has 2 aromatic heterocycles. The summed E-state index contributed by atoms with van der Waals surface area (Å²) in [5.41, 5.74) is 2.90. The lowest BCUT2D eigenvalue weighted by Gasteiger charge is -2.04. The number of fused-ring (bicyclic) bond motifs is 1. The van der Waals surface area contributed by atoms with Crippen molar-refractivity contribution in [1.29, 1.82) is 0 Å². The van der Waals surface area contributed by atoms with Crippen LogP contribution in [0, 0.1) is 3.57 Å². The Balaban J connectivity index is 1.90. The van der Waals surface area contributed by atoms with Crippen molar-refractivity contribution in [3.63, 3.8) is 0 Å². The van der Waals surface area contributed by atoms with Crippen LogP contribution in [0.25, 0.3) is 16.9 Å². The number of halogens is 1. The quantitative estimate of drug-likeness (QED) is 0.708. The Morgan fingerprint density at radius 1 is 1.10 bits per heavy atom. The van der Waals surface area contributed by atoms with Gasteiger partial charge in [-0.2, -0.15) is 0 Å². The minimum Gasteiger partial charge on any atom is -0.491 e. The Morgan fingerprint density at radius 2 is 1.90 bits per heavy atom. The maximum Gasteiger partial charge on any atom is 0.137 e. The summed E-state index contributed by atoms with van der Waals surface area (Å²) in [5, 5.41) is 8.72. The van der Waals surface area contributed by atoms with E-state index < -0.39 is 0 Å². The van der Waals surface area contributed by atoms with Crippen LogP contribution in [0.5, 0.6) is 5.75 Å². The van der Waals surface area contributed by atoms with Crippen LogP contribution in [0.4, 0.5) is 0 Å².